The number of hydrogen-bond acceptors (Lipinski definition) is 5. The lowest BCUT2D eigenvalue weighted by Crippen LogP contribution is -2.21. The second-order valence-corrected chi connectivity index (χ2v) is 4.33. The van der Waals surface area contributed by atoms with E-state index in [-0.39, 0.29) is 24.3 Å². The van der Waals surface area contributed by atoms with Gasteiger partial charge in [-0.2, -0.15) is 13.9 Å². The molecule has 20 heavy (non-hydrogen) atoms. The Morgan fingerprint density at radius 2 is 2.15 bits per heavy atom. The van der Waals surface area contributed by atoms with E-state index >= 15 is 0 Å². The van der Waals surface area contributed by atoms with Crippen LogP contribution < -0.4 is 0 Å². The molecule has 0 spiro atoms. The summed E-state index contributed by atoms with van der Waals surface area (Å²) >= 11 is 0. The topological polar surface area (TPSA) is 70.4 Å². The smallest absolute Gasteiger partial charge is 0.359 e. The Morgan fingerprint density at radius 3 is 2.75 bits per heavy atom. The minimum Gasteiger partial charge on any atom is -0.468 e. The number of halogens is 2. The van der Waals surface area contributed by atoms with Crippen LogP contribution in [0.1, 0.15) is 35.1 Å². The van der Waals surface area contributed by atoms with Gasteiger partial charge in [-0.25, -0.2) is 4.79 Å². The monoisotopic (exact) mass is 288 g/mol. The first-order chi connectivity index (χ1) is 9.40. The van der Waals surface area contributed by atoms with Crippen molar-refractivity contribution >= 4 is 11.9 Å². The van der Waals surface area contributed by atoms with Gasteiger partial charge in [-0.15, -0.1) is 0 Å². The number of esters is 2. The summed E-state index contributed by atoms with van der Waals surface area (Å²) < 4.78 is 37.8. The minimum absolute atomic E-state index is 0.0254. The molecule has 6 nitrogen and oxygen atoms in total. The molecule has 0 N–H and O–H groups in total. The summed E-state index contributed by atoms with van der Waals surface area (Å²) in [6.07, 6.45) is -0.384. The van der Waals surface area contributed by atoms with Crippen molar-refractivity contribution in [1.29, 1.82) is 0 Å². The van der Waals surface area contributed by atoms with Gasteiger partial charge in [-0.3, -0.25) is 9.48 Å². The Morgan fingerprint density at radius 1 is 1.45 bits per heavy atom. The lowest BCUT2D eigenvalue weighted by atomic mass is 10.2. The van der Waals surface area contributed by atoms with Crippen molar-refractivity contribution in [3.8, 4) is 0 Å². The fourth-order valence-electron chi connectivity index (χ4n) is 2.21. The molecule has 0 unspecified atom stereocenters. The minimum atomic E-state index is -3.11. The molecule has 0 saturated carbocycles. The predicted octanol–water partition coefficient (Wildman–Crippen LogP) is 1.27. The van der Waals surface area contributed by atoms with E-state index in [1.54, 1.807) is 6.92 Å². The first-order valence-corrected chi connectivity index (χ1v) is 6.12. The fraction of sp³-hybridized carbons (Fsp3) is 0.583. The third-order valence-electron chi connectivity index (χ3n) is 3.06. The van der Waals surface area contributed by atoms with Crippen LogP contribution in [-0.4, -0.2) is 35.4 Å². The molecule has 1 aromatic rings. The van der Waals surface area contributed by atoms with Gasteiger partial charge in [0, 0.05) is 12.0 Å². The molecule has 0 radical (unpaired) electrons. The van der Waals surface area contributed by atoms with Crippen molar-refractivity contribution in [2.75, 3.05) is 13.7 Å². The second-order valence-electron chi connectivity index (χ2n) is 4.33. The molecular weight excluding hydrogens is 274 g/mol. The fourth-order valence-corrected chi connectivity index (χ4v) is 2.21. The van der Waals surface area contributed by atoms with E-state index in [1.165, 1.54) is 0 Å². The van der Waals surface area contributed by atoms with E-state index in [2.05, 4.69) is 9.84 Å². The highest BCUT2D eigenvalue weighted by molar-refractivity contribution is 5.89. The molecule has 0 bridgehead atoms. The number of aromatic nitrogens is 2. The van der Waals surface area contributed by atoms with Crippen LogP contribution in [-0.2, 0) is 33.2 Å². The van der Waals surface area contributed by atoms with Gasteiger partial charge in [0.15, 0.2) is 5.69 Å². The van der Waals surface area contributed by atoms with Gasteiger partial charge in [-0.1, -0.05) is 0 Å². The molecular formula is C12H14F2N2O4. The Kier molecular flexibility index (Phi) is 3.74. The number of hydrogen-bond donors (Lipinski definition) is 0. The molecule has 1 aromatic heterocycles. The molecule has 1 aliphatic rings. The number of rotatable bonds is 4. The molecule has 2 rings (SSSR count). The molecule has 0 atom stereocenters. The number of fused-ring (bicyclic) bond motifs is 1. The van der Waals surface area contributed by atoms with E-state index in [4.69, 9.17) is 4.74 Å². The van der Waals surface area contributed by atoms with E-state index in [0.29, 0.717) is 0 Å². The van der Waals surface area contributed by atoms with E-state index in [9.17, 15) is 18.4 Å². The Hall–Kier alpha value is -1.99. The zero-order valence-corrected chi connectivity index (χ0v) is 11.1. The lowest BCUT2D eigenvalue weighted by Gasteiger charge is -2.12. The molecule has 0 saturated heterocycles. The van der Waals surface area contributed by atoms with Crippen LogP contribution in [0, 0.1) is 0 Å². The maximum atomic E-state index is 13.8. The molecule has 1 aliphatic carbocycles. The summed E-state index contributed by atoms with van der Waals surface area (Å²) in [4.78, 5) is 23.0. The van der Waals surface area contributed by atoms with E-state index < -0.39 is 36.5 Å². The number of carbonyl (C=O) groups excluding carboxylic acids is 2. The SMILES string of the molecule is CCOC(=O)c1nn(CC(=O)OC)c2c1CCC2(F)F. The first kappa shape index (κ1) is 14.4. The predicted molar refractivity (Wildman–Crippen MR) is 62.4 cm³/mol. The molecule has 0 amide bonds. The lowest BCUT2D eigenvalue weighted by molar-refractivity contribution is -0.141. The van der Waals surface area contributed by atoms with Gasteiger partial charge in [0.2, 0.25) is 0 Å². The highest BCUT2D eigenvalue weighted by Crippen LogP contribution is 2.43. The van der Waals surface area contributed by atoms with Crippen LogP contribution in [0.3, 0.4) is 0 Å². The Bertz CT molecular complexity index is 554. The zero-order valence-electron chi connectivity index (χ0n) is 11.1. The quantitative estimate of drug-likeness (QED) is 0.780. The molecule has 8 heteroatoms. The largest absolute Gasteiger partial charge is 0.468 e. The van der Waals surface area contributed by atoms with Gasteiger partial charge in [0.1, 0.15) is 12.2 Å². The molecule has 0 aliphatic heterocycles. The summed E-state index contributed by atoms with van der Waals surface area (Å²) in [5, 5.41) is 3.80. The van der Waals surface area contributed by atoms with E-state index in [0.717, 1.165) is 11.8 Å². The molecule has 110 valence electrons. The molecule has 0 fully saturated rings. The van der Waals surface area contributed by atoms with Crippen molar-refractivity contribution in [1.82, 2.24) is 9.78 Å². The average Bonchev–Trinajstić information content (AvgIpc) is 2.89. The van der Waals surface area contributed by atoms with E-state index in [1.807, 2.05) is 0 Å². The van der Waals surface area contributed by atoms with Crippen molar-refractivity contribution in [3.63, 3.8) is 0 Å². The summed E-state index contributed by atoms with van der Waals surface area (Å²) in [6.45, 7) is 1.26. The normalized spacial score (nSPS) is 15.8. The van der Waals surface area contributed by atoms with Gasteiger partial charge in [0.05, 0.1) is 13.7 Å². The van der Waals surface area contributed by atoms with Gasteiger partial charge in [-0.05, 0) is 13.3 Å². The van der Waals surface area contributed by atoms with Crippen molar-refractivity contribution in [3.05, 3.63) is 17.0 Å². The standard InChI is InChI=1S/C12H14F2N2O4/c1-3-20-11(18)9-7-4-5-12(13,14)10(7)16(15-9)6-8(17)19-2/h3-6H2,1-2H3. The summed E-state index contributed by atoms with van der Waals surface area (Å²) in [6, 6.07) is 0. The van der Waals surface area contributed by atoms with Gasteiger partial charge >= 0.3 is 11.9 Å². The van der Waals surface area contributed by atoms with Crippen molar-refractivity contribution < 1.29 is 27.8 Å². The summed E-state index contributed by atoms with van der Waals surface area (Å²) in [7, 11) is 1.15. The van der Waals surface area contributed by atoms with Gasteiger partial charge < -0.3 is 9.47 Å². The number of carbonyl (C=O) groups is 2. The highest BCUT2D eigenvalue weighted by atomic mass is 19.3. The summed E-state index contributed by atoms with van der Waals surface area (Å²) in [5.41, 5.74) is -0.397. The van der Waals surface area contributed by atoms with Crippen molar-refractivity contribution in [2.24, 2.45) is 0 Å². The summed E-state index contributed by atoms with van der Waals surface area (Å²) in [5.74, 6) is -4.58. The van der Waals surface area contributed by atoms with Gasteiger partial charge in [0.25, 0.3) is 5.92 Å². The second kappa shape index (κ2) is 5.18. The van der Waals surface area contributed by atoms with Crippen LogP contribution >= 0.6 is 0 Å². The number of methoxy groups -OCH3 is 1. The van der Waals surface area contributed by atoms with Crippen LogP contribution in [0.2, 0.25) is 0 Å². The van der Waals surface area contributed by atoms with Crippen LogP contribution in [0.15, 0.2) is 0 Å². The Balaban J connectivity index is 2.45. The van der Waals surface area contributed by atoms with Crippen LogP contribution in [0.4, 0.5) is 8.78 Å². The van der Waals surface area contributed by atoms with Crippen molar-refractivity contribution in [2.45, 2.75) is 32.2 Å². The highest BCUT2D eigenvalue weighted by Gasteiger charge is 2.46. The number of nitrogens with zero attached hydrogens (tertiary/aromatic N) is 2. The van der Waals surface area contributed by atoms with Crippen LogP contribution in [0.25, 0.3) is 0 Å². The average molecular weight is 288 g/mol. The third kappa shape index (κ3) is 2.37. The first-order valence-electron chi connectivity index (χ1n) is 6.12. The third-order valence-corrected chi connectivity index (χ3v) is 3.06. The maximum absolute atomic E-state index is 13.8. The molecule has 0 aromatic carbocycles. The Labute approximate surface area is 113 Å². The zero-order chi connectivity index (χ0) is 14.9. The number of alkyl halides is 2. The molecule has 1 heterocycles. The maximum Gasteiger partial charge on any atom is 0.359 e. The number of ether oxygens (including phenoxy) is 2. The van der Waals surface area contributed by atoms with Crippen LogP contribution in [0.5, 0.6) is 0 Å².